The van der Waals surface area contributed by atoms with E-state index in [1.54, 1.807) is 26.3 Å². The van der Waals surface area contributed by atoms with E-state index < -0.39 is 0 Å². The zero-order valence-corrected chi connectivity index (χ0v) is 18.6. The summed E-state index contributed by atoms with van der Waals surface area (Å²) in [6.45, 7) is 0.997. The molecule has 154 valence electrons. The number of hydrogen-bond donors (Lipinski definition) is 3. The minimum atomic E-state index is -0.194. The van der Waals surface area contributed by atoms with Gasteiger partial charge in [-0.15, -0.1) is 24.0 Å². The molecule has 2 aromatic carbocycles. The number of aliphatic imine (C=N–C) groups is 1. The third-order valence-corrected chi connectivity index (χ3v) is 4.17. The number of aromatic nitrogens is 3. The highest BCUT2D eigenvalue weighted by molar-refractivity contribution is 14.0. The van der Waals surface area contributed by atoms with Crippen molar-refractivity contribution in [3.8, 4) is 17.1 Å². The van der Waals surface area contributed by atoms with Gasteiger partial charge in [-0.05, 0) is 42.3 Å². The molecule has 29 heavy (non-hydrogen) atoms. The van der Waals surface area contributed by atoms with Crippen LogP contribution in [0.15, 0.2) is 53.5 Å². The van der Waals surface area contributed by atoms with Gasteiger partial charge < -0.3 is 15.4 Å². The summed E-state index contributed by atoms with van der Waals surface area (Å²) in [7, 11) is 3.31. The zero-order valence-electron chi connectivity index (χ0n) is 16.3. The highest BCUT2D eigenvalue weighted by atomic mass is 127. The van der Waals surface area contributed by atoms with Crippen molar-refractivity contribution in [2.75, 3.05) is 20.7 Å². The van der Waals surface area contributed by atoms with Gasteiger partial charge in [0.05, 0.1) is 13.7 Å². The fraction of sp³-hybridized carbons (Fsp3) is 0.250. The summed E-state index contributed by atoms with van der Waals surface area (Å²) < 4.78 is 18.8. The van der Waals surface area contributed by atoms with Gasteiger partial charge in [0.15, 0.2) is 11.8 Å². The Labute approximate surface area is 186 Å². The number of benzene rings is 2. The maximum Gasteiger partial charge on any atom is 0.191 e. The summed E-state index contributed by atoms with van der Waals surface area (Å²) >= 11 is 0. The third-order valence-electron chi connectivity index (χ3n) is 4.17. The Hall–Kier alpha value is -2.69. The largest absolute Gasteiger partial charge is 0.497 e. The SMILES string of the molecule is CN=C(NCCc1ccccc1F)NCc1nc(-c2ccc(OC)cc2)n[nH]1.I. The van der Waals surface area contributed by atoms with Gasteiger partial charge >= 0.3 is 0 Å². The molecule has 0 amide bonds. The normalized spacial score (nSPS) is 10.9. The lowest BCUT2D eigenvalue weighted by Crippen LogP contribution is -2.38. The smallest absolute Gasteiger partial charge is 0.191 e. The van der Waals surface area contributed by atoms with E-state index in [1.165, 1.54) is 6.07 Å². The van der Waals surface area contributed by atoms with Crippen LogP contribution in [0.2, 0.25) is 0 Å². The zero-order chi connectivity index (χ0) is 19.8. The van der Waals surface area contributed by atoms with Gasteiger partial charge in [0.1, 0.15) is 17.4 Å². The van der Waals surface area contributed by atoms with Crippen LogP contribution in [-0.2, 0) is 13.0 Å². The van der Waals surface area contributed by atoms with E-state index >= 15 is 0 Å². The van der Waals surface area contributed by atoms with E-state index in [9.17, 15) is 4.39 Å². The number of guanidine groups is 1. The van der Waals surface area contributed by atoms with E-state index in [4.69, 9.17) is 4.74 Å². The van der Waals surface area contributed by atoms with Gasteiger partial charge in [-0.3, -0.25) is 10.1 Å². The number of nitrogens with one attached hydrogen (secondary N) is 3. The molecular weight excluding hydrogens is 486 g/mol. The monoisotopic (exact) mass is 510 g/mol. The van der Waals surface area contributed by atoms with Crippen molar-refractivity contribution in [3.63, 3.8) is 0 Å². The van der Waals surface area contributed by atoms with E-state index in [0.29, 0.717) is 42.7 Å². The van der Waals surface area contributed by atoms with Crippen LogP contribution in [0.25, 0.3) is 11.4 Å². The topological polar surface area (TPSA) is 87.2 Å². The van der Waals surface area contributed by atoms with Gasteiger partial charge in [0.25, 0.3) is 0 Å². The minimum Gasteiger partial charge on any atom is -0.497 e. The van der Waals surface area contributed by atoms with Crippen LogP contribution in [0, 0.1) is 5.82 Å². The van der Waals surface area contributed by atoms with Crippen molar-refractivity contribution < 1.29 is 9.13 Å². The van der Waals surface area contributed by atoms with Crippen molar-refractivity contribution in [3.05, 3.63) is 65.7 Å². The molecule has 0 saturated carbocycles. The van der Waals surface area contributed by atoms with Crippen LogP contribution in [0.5, 0.6) is 5.75 Å². The molecule has 0 unspecified atom stereocenters. The number of H-pyrrole nitrogens is 1. The van der Waals surface area contributed by atoms with Gasteiger partial charge in [-0.2, -0.15) is 5.10 Å². The molecule has 1 heterocycles. The average Bonchev–Trinajstić information content (AvgIpc) is 3.21. The third kappa shape index (κ3) is 6.41. The summed E-state index contributed by atoms with van der Waals surface area (Å²) in [5, 5.41) is 13.5. The van der Waals surface area contributed by atoms with Crippen molar-refractivity contribution in [2.24, 2.45) is 4.99 Å². The van der Waals surface area contributed by atoms with Crippen LogP contribution in [-0.4, -0.2) is 41.8 Å². The highest BCUT2D eigenvalue weighted by Crippen LogP contribution is 2.18. The van der Waals surface area contributed by atoms with E-state index in [-0.39, 0.29) is 29.8 Å². The number of aromatic amines is 1. The number of hydrogen-bond acceptors (Lipinski definition) is 4. The summed E-state index contributed by atoms with van der Waals surface area (Å²) in [5.74, 6) is 2.50. The lowest BCUT2D eigenvalue weighted by molar-refractivity contribution is 0.415. The molecule has 3 N–H and O–H groups in total. The molecule has 0 saturated heterocycles. The predicted octanol–water partition coefficient (Wildman–Crippen LogP) is 3.15. The van der Waals surface area contributed by atoms with Crippen LogP contribution in [0.4, 0.5) is 4.39 Å². The molecule has 1 aromatic heterocycles. The molecule has 7 nitrogen and oxygen atoms in total. The molecule has 9 heteroatoms. The number of nitrogens with zero attached hydrogens (tertiary/aromatic N) is 3. The molecule has 0 radical (unpaired) electrons. The number of methoxy groups -OCH3 is 1. The average molecular weight is 510 g/mol. The van der Waals surface area contributed by atoms with Gasteiger partial charge in [-0.25, -0.2) is 9.37 Å². The van der Waals surface area contributed by atoms with Crippen LogP contribution < -0.4 is 15.4 Å². The lowest BCUT2D eigenvalue weighted by Gasteiger charge is -2.11. The van der Waals surface area contributed by atoms with Crippen molar-refractivity contribution in [1.29, 1.82) is 0 Å². The first kappa shape index (κ1) is 22.6. The van der Waals surface area contributed by atoms with E-state index in [0.717, 1.165) is 11.3 Å². The van der Waals surface area contributed by atoms with Gasteiger partial charge in [0, 0.05) is 19.2 Å². The van der Waals surface area contributed by atoms with E-state index in [1.807, 2.05) is 30.3 Å². The lowest BCUT2D eigenvalue weighted by atomic mass is 10.1. The Morgan fingerprint density at radius 3 is 2.59 bits per heavy atom. The molecule has 0 bridgehead atoms. The van der Waals surface area contributed by atoms with Crippen LogP contribution >= 0.6 is 24.0 Å². The second kappa shape index (κ2) is 11.3. The second-order valence-electron chi connectivity index (χ2n) is 6.03. The molecule has 0 aliphatic carbocycles. The van der Waals surface area contributed by atoms with Crippen molar-refractivity contribution in [1.82, 2.24) is 25.8 Å². The summed E-state index contributed by atoms with van der Waals surface area (Å²) in [4.78, 5) is 8.64. The summed E-state index contributed by atoms with van der Waals surface area (Å²) in [6.07, 6.45) is 0.567. The molecule has 3 rings (SSSR count). The standard InChI is InChI=1S/C20H23FN6O.HI/c1-22-20(23-12-11-14-5-3-4-6-17(14)21)24-13-18-25-19(27-26-18)15-7-9-16(28-2)10-8-15;/h3-10H,11-13H2,1-2H3,(H2,22,23,24)(H,25,26,27);1H. The highest BCUT2D eigenvalue weighted by Gasteiger charge is 2.07. The van der Waals surface area contributed by atoms with Crippen molar-refractivity contribution in [2.45, 2.75) is 13.0 Å². The van der Waals surface area contributed by atoms with Crippen LogP contribution in [0.1, 0.15) is 11.4 Å². The molecule has 0 aliphatic rings. The Kier molecular flexibility index (Phi) is 8.84. The first-order chi connectivity index (χ1) is 13.7. The van der Waals surface area contributed by atoms with E-state index in [2.05, 4.69) is 30.8 Å². The number of halogens is 2. The summed E-state index contributed by atoms with van der Waals surface area (Å²) in [6, 6.07) is 14.3. The number of ether oxygens (including phenoxy) is 1. The predicted molar refractivity (Wildman–Crippen MR) is 122 cm³/mol. The number of rotatable bonds is 7. The van der Waals surface area contributed by atoms with Crippen LogP contribution in [0.3, 0.4) is 0 Å². The molecule has 0 aliphatic heterocycles. The molecule has 3 aromatic rings. The van der Waals surface area contributed by atoms with Gasteiger partial charge in [-0.1, -0.05) is 18.2 Å². The molecular formula is C20H24FIN6O. The quantitative estimate of drug-likeness (QED) is 0.258. The maximum absolute atomic E-state index is 13.7. The Morgan fingerprint density at radius 1 is 1.14 bits per heavy atom. The Morgan fingerprint density at radius 2 is 1.90 bits per heavy atom. The molecule has 0 fully saturated rings. The maximum atomic E-state index is 13.7. The van der Waals surface area contributed by atoms with Gasteiger partial charge in [0.2, 0.25) is 0 Å². The fourth-order valence-electron chi connectivity index (χ4n) is 2.65. The fourth-order valence-corrected chi connectivity index (χ4v) is 2.65. The Bertz CT molecular complexity index is 929. The first-order valence-corrected chi connectivity index (χ1v) is 8.93. The van der Waals surface area contributed by atoms with Crippen molar-refractivity contribution >= 4 is 29.9 Å². The first-order valence-electron chi connectivity index (χ1n) is 8.93. The molecule has 0 spiro atoms. The Balaban J connectivity index is 0.00000300. The summed E-state index contributed by atoms with van der Waals surface area (Å²) in [5.41, 5.74) is 1.57. The molecule has 0 atom stereocenters. The minimum absolute atomic E-state index is 0. The second-order valence-corrected chi connectivity index (χ2v) is 6.03.